The van der Waals surface area contributed by atoms with Crippen molar-refractivity contribution < 1.29 is 10.0 Å². The van der Waals surface area contributed by atoms with Crippen molar-refractivity contribution in [3.63, 3.8) is 0 Å². The smallest absolute Gasteiger partial charge is 0.321 e. The first kappa shape index (κ1) is 12.8. The van der Waals surface area contributed by atoms with Gasteiger partial charge >= 0.3 is 6.03 Å². The number of amidine groups is 1. The monoisotopic (exact) mass is 236 g/mol. The molecule has 1 rings (SSSR count). The molecule has 6 heteroatoms. The zero-order valence-corrected chi connectivity index (χ0v) is 9.84. The molecular formula is C11H16N4O2. The summed E-state index contributed by atoms with van der Waals surface area (Å²) < 4.78 is 0. The van der Waals surface area contributed by atoms with Gasteiger partial charge in [-0.25, -0.2) is 4.79 Å². The summed E-state index contributed by atoms with van der Waals surface area (Å²) in [6.07, 6.45) is 0. The number of amides is 2. The second-order valence-corrected chi connectivity index (χ2v) is 3.48. The fraction of sp³-hybridized carbons (Fsp3) is 0.273. The highest BCUT2D eigenvalue weighted by molar-refractivity contribution is 6.05. The Hall–Kier alpha value is -2.24. The molecule has 0 aliphatic rings. The molecule has 0 heterocycles. The Bertz CT molecular complexity index is 431. The van der Waals surface area contributed by atoms with E-state index < -0.39 is 0 Å². The third-order valence-corrected chi connectivity index (χ3v) is 2.37. The van der Waals surface area contributed by atoms with Crippen LogP contribution in [-0.2, 0) is 0 Å². The zero-order valence-electron chi connectivity index (χ0n) is 9.84. The largest absolute Gasteiger partial charge is 0.409 e. The van der Waals surface area contributed by atoms with Crippen molar-refractivity contribution in [1.29, 1.82) is 0 Å². The number of nitrogens with one attached hydrogen (secondary N) is 1. The van der Waals surface area contributed by atoms with E-state index in [-0.39, 0.29) is 11.9 Å². The van der Waals surface area contributed by atoms with Crippen molar-refractivity contribution >= 4 is 17.6 Å². The van der Waals surface area contributed by atoms with Crippen LogP contribution in [0.25, 0.3) is 0 Å². The van der Waals surface area contributed by atoms with Crippen LogP contribution in [0.5, 0.6) is 0 Å². The summed E-state index contributed by atoms with van der Waals surface area (Å²) in [6.45, 7) is 2.46. The van der Waals surface area contributed by atoms with Crippen LogP contribution in [0, 0.1) is 0 Å². The third kappa shape index (κ3) is 3.10. The molecule has 0 unspecified atom stereocenters. The predicted octanol–water partition coefficient (Wildman–Crippen LogP) is 1.26. The Morgan fingerprint density at radius 1 is 1.53 bits per heavy atom. The number of rotatable bonds is 3. The lowest BCUT2D eigenvalue weighted by Gasteiger charge is -2.17. The van der Waals surface area contributed by atoms with E-state index in [1.165, 1.54) is 4.90 Å². The number of para-hydroxylation sites is 1. The van der Waals surface area contributed by atoms with Crippen molar-refractivity contribution in [2.45, 2.75) is 6.92 Å². The van der Waals surface area contributed by atoms with Crippen molar-refractivity contribution in [1.82, 2.24) is 4.90 Å². The molecule has 2 amide bonds. The van der Waals surface area contributed by atoms with Crippen LogP contribution >= 0.6 is 0 Å². The summed E-state index contributed by atoms with van der Waals surface area (Å²) in [7, 11) is 1.68. The SMILES string of the molecule is CCN(C)C(=O)Nc1ccccc1C(N)=NO. The Morgan fingerprint density at radius 3 is 2.76 bits per heavy atom. The van der Waals surface area contributed by atoms with E-state index in [1.807, 2.05) is 6.92 Å². The first-order chi connectivity index (χ1) is 8.10. The Morgan fingerprint density at radius 2 is 2.18 bits per heavy atom. The molecule has 1 aromatic rings. The molecule has 0 aliphatic heterocycles. The van der Waals surface area contributed by atoms with E-state index in [1.54, 1.807) is 31.3 Å². The summed E-state index contributed by atoms with van der Waals surface area (Å²) in [5.74, 6) is -0.0416. The van der Waals surface area contributed by atoms with Crippen LogP contribution in [-0.4, -0.2) is 35.6 Å². The summed E-state index contributed by atoms with van der Waals surface area (Å²) in [5, 5.41) is 14.3. The second kappa shape index (κ2) is 5.74. The summed E-state index contributed by atoms with van der Waals surface area (Å²) in [5.41, 5.74) is 6.50. The van der Waals surface area contributed by atoms with Crippen LogP contribution in [0.4, 0.5) is 10.5 Å². The lowest BCUT2D eigenvalue weighted by molar-refractivity contribution is 0.224. The van der Waals surface area contributed by atoms with Gasteiger partial charge in [-0.2, -0.15) is 0 Å². The number of anilines is 1. The molecule has 4 N–H and O–H groups in total. The molecule has 0 atom stereocenters. The van der Waals surface area contributed by atoms with Crippen molar-refractivity contribution in [3.8, 4) is 0 Å². The fourth-order valence-electron chi connectivity index (χ4n) is 1.22. The molecule has 0 saturated carbocycles. The lowest BCUT2D eigenvalue weighted by atomic mass is 10.1. The molecule has 0 aliphatic carbocycles. The van der Waals surface area contributed by atoms with E-state index in [2.05, 4.69) is 10.5 Å². The molecule has 0 bridgehead atoms. The van der Waals surface area contributed by atoms with Gasteiger partial charge in [0.2, 0.25) is 0 Å². The minimum atomic E-state index is -0.245. The molecule has 0 aromatic heterocycles. The number of hydrogen-bond acceptors (Lipinski definition) is 3. The average molecular weight is 236 g/mol. The third-order valence-electron chi connectivity index (χ3n) is 2.37. The highest BCUT2D eigenvalue weighted by atomic mass is 16.4. The molecule has 92 valence electrons. The van der Waals surface area contributed by atoms with Gasteiger partial charge in [-0.1, -0.05) is 17.3 Å². The quantitative estimate of drug-likeness (QED) is 0.319. The second-order valence-electron chi connectivity index (χ2n) is 3.48. The number of hydrogen-bond donors (Lipinski definition) is 3. The number of carbonyl (C=O) groups excluding carboxylic acids is 1. The zero-order chi connectivity index (χ0) is 12.8. The van der Waals surface area contributed by atoms with E-state index >= 15 is 0 Å². The Kier molecular flexibility index (Phi) is 4.33. The standard InChI is InChI=1S/C11H16N4O2/c1-3-15(2)11(16)13-9-7-5-4-6-8(9)10(12)14-17/h4-7,17H,3H2,1-2H3,(H2,12,14)(H,13,16). The van der Waals surface area contributed by atoms with Gasteiger partial charge in [0.05, 0.1) is 5.69 Å². The normalized spacial score (nSPS) is 11.1. The number of nitrogens with two attached hydrogens (primary N) is 1. The van der Waals surface area contributed by atoms with E-state index in [9.17, 15) is 4.79 Å². The Labute approximate surface area is 99.7 Å². The van der Waals surface area contributed by atoms with E-state index in [0.717, 1.165) is 0 Å². The van der Waals surface area contributed by atoms with Crippen LogP contribution < -0.4 is 11.1 Å². The van der Waals surface area contributed by atoms with E-state index in [4.69, 9.17) is 10.9 Å². The molecule has 0 spiro atoms. The number of oxime groups is 1. The maximum absolute atomic E-state index is 11.7. The van der Waals surface area contributed by atoms with Gasteiger partial charge in [0.25, 0.3) is 0 Å². The van der Waals surface area contributed by atoms with Gasteiger partial charge < -0.3 is 21.2 Å². The molecule has 0 saturated heterocycles. The van der Waals surface area contributed by atoms with Crippen molar-refractivity contribution in [2.24, 2.45) is 10.9 Å². The highest BCUT2D eigenvalue weighted by Gasteiger charge is 2.11. The summed E-state index contributed by atoms with van der Waals surface area (Å²) >= 11 is 0. The summed E-state index contributed by atoms with van der Waals surface area (Å²) in [4.78, 5) is 13.2. The van der Waals surface area contributed by atoms with Crippen molar-refractivity contribution in [3.05, 3.63) is 29.8 Å². The van der Waals surface area contributed by atoms with Crippen LogP contribution in [0.15, 0.2) is 29.4 Å². The summed E-state index contributed by atoms with van der Waals surface area (Å²) in [6, 6.07) is 6.61. The first-order valence-electron chi connectivity index (χ1n) is 5.19. The Balaban J connectivity index is 2.95. The minimum absolute atomic E-state index is 0.0416. The maximum atomic E-state index is 11.7. The van der Waals surface area contributed by atoms with Gasteiger partial charge in [-0.05, 0) is 19.1 Å². The molecule has 1 aromatic carbocycles. The van der Waals surface area contributed by atoms with Crippen molar-refractivity contribution in [2.75, 3.05) is 18.9 Å². The minimum Gasteiger partial charge on any atom is -0.409 e. The van der Waals surface area contributed by atoms with Gasteiger partial charge in [-0.3, -0.25) is 0 Å². The fourth-order valence-corrected chi connectivity index (χ4v) is 1.22. The molecule has 0 radical (unpaired) electrons. The number of benzene rings is 1. The van der Waals surface area contributed by atoms with Gasteiger partial charge in [-0.15, -0.1) is 0 Å². The van der Waals surface area contributed by atoms with Crippen LogP contribution in [0.3, 0.4) is 0 Å². The number of carbonyl (C=O) groups is 1. The van der Waals surface area contributed by atoms with Crippen LogP contribution in [0.1, 0.15) is 12.5 Å². The average Bonchev–Trinajstić information content (AvgIpc) is 2.37. The van der Waals surface area contributed by atoms with Gasteiger partial charge in [0.15, 0.2) is 5.84 Å². The lowest BCUT2D eigenvalue weighted by Crippen LogP contribution is -2.31. The number of nitrogens with zero attached hydrogens (tertiary/aromatic N) is 2. The first-order valence-corrected chi connectivity index (χ1v) is 5.19. The molecule has 6 nitrogen and oxygen atoms in total. The van der Waals surface area contributed by atoms with Gasteiger partial charge in [0, 0.05) is 19.2 Å². The number of urea groups is 1. The highest BCUT2D eigenvalue weighted by Crippen LogP contribution is 2.15. The molecule has 17 heavy (non-hydrogen) atoms. The van der Waals surface area contributed by atoms with E-state index in [0.29, 0.717) is 17.8 Å². The van der Waals surface area contributed by atoms with Gasteiger partial charge in [0.1, 0.15) is 0 Å². The van der Waals surface area contributed by atoms with Crippen LogP contribution in [0.2, 0.25) is 0 Å². The topological polar surface area (TPSA) is 91.0 Å². The molecular weight excluding hydrogens is 220 g/mol. The predicted molar refractivity (Wildman–Crippen MR) is 66.3 cm³/mol. The maximum Gasteiger partial charge on any atom is 0.321 e. The molecule has 0 fully saturated rings.